The van der Waals surface area contributed by atoms with Gasteiger partial charge < -0.3 is 10.3 Å². The van der Waals surface area contributed by atoms with Gasteiger partial charge in [0.15, 0.2) is 0 Å². The normalized spacial score (nSPS) is 14.0. The highest BCUT2D eigenvalue weighted by molar-refractivity contribution is 6.10. The summed E-state index contributed by atoms with van der Waals surface area (Å²) in [5.74, 6) is 1.24. The van der Waals surface area contributed by atoms with E-state index in [9.17, 15) is 4.79 Å². The Morgan fingerprint density at radius 2 is 2.08 bits per heavy atom. The number of pyridine rings is 4. The maximum absolute atomic E-state index is 12.5. The van der Waals surface area contributed by atoms with Crippen LogP contribution in [-0.2, 0) is 6.54 Å². The predicted molar refractivity (Wildman–Crippen MR) is 101 cm³/mol. The molecule has 6 nitrogen and oxygen atoms in total. The molecule has 5 rings (SSSR count). The molecule has 0 aliphatic heterocycles. The third-order valence-electron chi connectivity index (χ3n) is 4.85. The Kier molecular flexibility index (Phi) is 3.41. The van der Waals surface area contributed by atoms with E-state index >= 15 is 0 Å². The molecule has 1 aliphatic carbocycles. The fourth-order valence-corrected chi connectivity index (χ4v) is 3.40. The fraction of sp³-hybridized carbons (Fsp3) is 0.200. The topological polar surface area (TPSA) is 83.6 Å². The van der Waals surface area contributed by atoms with E-state index in [0.717, 1.165) is 46.2 Å². The Bertz CT molecular complexity index is 1170. The van der Waals surface area contributed by atoms with Crippen LogP contribution in [0.5, 0.6) is 0 Å². The molecular weight excluding hydrogens is 326 g/mol. The van der Waals surface area contributed by atoms with Crippen molar-refractivity contribution in [2.24, 2.45) is 0 Å². The van der Waals surface area contributed by atoms with Gasteiger partial charge in [-0.15, -0.1) is 0 Å². The largest absolute Gasteiger partial charge is 0.364 e. The highest BCUT2D eigenvalue weighted by Crippen LogP contribution is 2.43. The van der Waals surface area contributed by atoms with Crippen LogP contribution in [0.2, 0.25) is 0 Å². The molecule has 0 saturated heterocycles. The lowest BCUT2D eigenvalue weighted by molar-refractivity contribution is 1.03. The second kappa shape index (κ2) is 5.91. The molecular formula is C20H17N5O. The van der Waals surface area contributed by atoms with Gasteiger partial charge in [0, 0.05) is 35.6 Å². The van der Waals surface area contributed by atoms with Gasteiger partial charge in [-0.3, -0.25) is 14.8 Å². The number of hydrogen-bond acceptors (Lipinski definition) is 5. The first kappa shape index (κ1) is 15.0. The zero-order valence-electron chi connectivity index (χ0n) is 14.1. The Hall–Kier alpha value is -3.28. The number of fused-ring (bicyclic) bond motifs is 3. The summed E-state index contributed by atoms with van der Waals surface area (Å²) in [4.78, 5) is 28.8. The lowest BCUT2D eigenvalue weighted by Gasteiger charge is -2.12. The molecule has 4 aromatic heterocycles. The highest BCUT2D eigenvalue weighted by Gasteiger charge is 2.27. The molecule has 4 heterocycles. The molecule has 0 spiro atoms. The van der Waals surface area contributed by atoms with Crippen LogP contribution in [-0.4, -0.2) is 19.9 Å². The highest BCUT2D eigenvalue weighted by atomic mass is 16.1. The van der Waals surface area contributed by atoms with E-state index < -0.39 is 0 Å². The van der Waals surface area contributed by atoms with E-state index in [1.165, 1.54) is 0 Å². The van der Waals surface area contributed by atoms with E-state index in [4.69, 9.17) is 4.98 Å². The zero-order valence-corrected chi connectivity index (χ0v) is 14.1. The van der Waals surface area contributed by atoms with Crippen molar-refractivity contribution < 1.29 is 0 Å². The average Bonchev–Trinajstić information content (AvgIpc) is 3.52. The summed E-state index contributed by atoms with van der Waals surface area (Å²) < 4.78 is 0. The lowest BCUT2D eigenvalue weighted by atomic mass is 10.0. The average molecular weight is 343 g/mol. The molecule has 0 atom stereocenters. The van der Waals surface area contributed by atoms with Gasteiger partial charge in [0.2, 0.25) is 0 Å². The summed E-state index contributed by atoms with van der Waals surface area (Å²) >= 11 is 0. The molecule has 0 bridgehead atoms. The number of anilines is 1. The molecule has 0 radical (unpaired) electrons. The van der Waals surface area contributed by atoms with Crippen molar-refractivity contribution in [1.29, 1.82) is 0 Å². The Balaban J connectivity index is 1.71. The minimum absolute atomic E-state index is 0.119. The lowest BCUT2D eigenvalue weighted by Crippen LogP contribution is -2.11. The number of H-pyrrole nitrogens is 1. The number of aromatic nitrogens is 4. The predicted octanol–water partition coefficient (Wildman–Crippen LogP) is 3.36. The number of aromatic amines is 1. The SMILES string of the molecule is O=c1[nH]cc(C2CC2)c2nc(NCc3ccccn3)c3ccncc3c12. The molecule has 1 fully saturated rings. The molecule has 1 aliphatic rings. The molecule has 0 amide bonds. The van der Waals surface area contributed by atoms with Crippen molar-refractivity contribution in [2.45, 2.75) is 25.3 Å². The maximum Gasteiger partial charge on any atom is 0.258 e. The smallest absolute Gasteiger partial charge is 0.258 e. The van der Waals surface area contributed by atoms with Crippen LogP contribution in [0.3, 0.4) is 0 Å². The summed E-state index contributed by atoms with van der Waals surface area (Å²) in [5.41, 5.74) is 2.71. The molecule has 2 N–H and O–H groups in total. The first-order chi connectivity index (χ1) is 12.8. The first-order valence-electron chi connectivity index (χ1n) is 8.74. The Morgan fingerprint density at radius 3 is 2.88 bits per heavy atom. The minimum atomic E-state index is -0.119. The van der Waals surface area contributed by atoms with E-state index in [-0.39, 0.29) is 5.56 Å². The summed E-state index contributed by atoms with van der Waals surface area (Å²) in [7, 11) is 0. The monoisotopic (exact) mass is 343 g/mol. The minimum Gasteiger partial charge on any atom is -0.364 e. The molecule has 26 heavy (non-hydrogen) atoms. The fourth-order valence-electron chi connectivity index (χ4n) is 3.40. The van der Waals surface area contributed by atoms with Crippen LogP contribution < -0.4 is 10.9 Å². The standard InChI is InChI=1S/C20H17N5O/c26-20-17-16-10-21-8-6-14(16)19(23-9-13-3-1-2-7-22-13)25-18(17)15(11-24-20)12-4-5-12/h1-3,6-8,10-12H,4-5,9H2,(H,23,25)(H,24,26). The van der Waals surface area contributed by atoms with Gasteiger partial charge in [-0.05, 0) is 42.5 Å². The quantitative estimate of drug-likeness (QED) is 0.555. The second-order valence-electron chi connectivity index (χ2n) is 6.63. The second-order valence-corrected chi connectivity index (χ2v) is 6.63. The Labute approximate surface area is 149 Å². The van der Waals surface area contributed by atoms with E-state index in [0.29, 0.717) is 17.8 Å². The van der Waals surface area contributed by atoms with Gasteiger partial charge in [0.1, 0.15) is 5.82 Å². The third kappa shape index (κ3) is 2.50. The van der Waals surface area contributed by atoms with Gasteiger partial charge in [-0.1, -0.05) is 6.07 Å². The van der Waals surface area contributed by atoms with Crippen LogP contribution >= 0.6 is 0 Å². The van der Waals surface area contributed by atoms with Crippen molar-refractivity contribution in [3.05, 3.63) is 70.7 Å². The number of nitrogens with zero attached hydrogens (tertiary/aromatic N) is 3. The number of rotatable bonds is 4. The maximum atomic E-state index is 12.5. The van der Waals surface area contributed by atoms with Crippen LogP contribution in [0.4, 0.5) is 5.82 Å². The van der Waals surface area contributed by atoms with Crippen molar-refractivity contribution >= 4 is 27.5 Å². The first-order valence-corrected chi connectivity index (χ1v) is 8.74. The molecule has 1 saturated carbocycles. The van der Waals surface area contributed by atoms with Gasteiger partial charge in [-0.2, -0.15) is 0 Å². The molecule has 128 valence electrons. The van der Waals surface area contributed by atoms with Gasteiger partial charge in [-0.25, -0.2) is 4.98 Å². The van der Waals surface area contributed by atoms with E-state index in [2.05, 4.69) is 20.3 Å². The van der Waals surface area contributed by atoms with Crippen LogP contribution in [0.1, 0.15) is 30.0 Å². The number of nitrogens with one attached hydrogen (secondary N) is 2. The van der Waals surface area contributed by atoms with Gasteiger partial charge in [0.05, 0.1) is 23.1 Å². The number of hydrogen-bond donors (Lipinski definition) is 2. The van der Waals surface area contributed by atoms with E-state index in [1.807, 2.05) is 30.5 Å². The van der Waals surface area contributed by atoms with Crippen molar-refractivity contribution in [2.75, 3.05) is 5.32 Å². The van der Waals surface area contributed by atoms with Gasteiger partial charge in [0.25, 0.3) is 5.56 Å². The summed E-state index contributed by atoms with van der Waals surface area (Å²) in [6.45, 7) is 0.568. The van der Waals surface area contributed by atoms with Crippen LogP contribution in [0.15, 0.2) is 53.8 Å². The van der Waals surface area contributed by atoms with Crippen LogP contribution in [0, 0.1) is 0 Å². The summed E-state index contributed by atoms with van der Waals surface area (Å²) in [6.07, 6.45) is 9.35. The molecule has 0 aromatic carbocycles. The molecule has 4 aromatic rings. The summed E-state index contributed by atoms with van der Waals surface area (Å²) in [6, 6.07) is 7.72. The zero-order chi connectivity index (χ0) is 17.5. The Morgan fingerprint density at radius 1 is 1.15 bits per heavy atom. The van der Waals surface area contributed by atoms with Crippen molar-refractivity contribution in [3.8, 4) is 0 Å². The third-order valence-corrected chi connectivity index (χ3v) is 4.85. The molecule has 6 heteroatoms. The molecule has 0 unspecified atom stereocenters. The van der Waals surface area contributed by atoms with Crippen LogP contribution in [0.25, 0.3) is 21.7 Å². The summed E-state index contributed by atoms with van der Waals surface area (Å²) in [5, 5.41) is 5.73. The van der Waals surface area contributed by atoms with Crippen molar-refractivity contribution in [3.63, 3.8) is 0 Å². The van der Waals surface area contributed by atoms with Gasteiger partial charge >= 0.3 is 0 Å². The van der Waals surface area contributed by atoms with Crippen molar-refractivity contribution in [1.82, 2.24) is 19.9 Å². The van der Waals surface area contributed by atoms with E-state index in [1.54, 1.807) is 18.6 Å².